The molecule has 4 nitrogen and oxygen atoms in total. The van der Waals surface area contributed by atoms with Crippen molar-refractivity contribution in [1.82, 2.24) is 0 Å². The van der Waals surface area contributed by atoms with E-state index in [2.05, 4.69) is 17.9 Å². The molecule has 0 aliphatic heterocycles. The number of esters is 2. The molecular weight excluding hydrogens is 280 g/mol. The first kappa shape index (κ1) is 17.7. The van der Waals surface area contributed by atoms with E-state index in [-0.39, 0.29) is 18.3 Å². The van der Waals surface area contributed by atoms with E-state index in [0.29, 0.717) is 12.0 Å². The van der Waals surface area contributed by atoms with Crippen molar-refractivity contribution in [3.63, 3.8) is 0 Å². The van der Waals surface area contributed by atoms with Gasteiger partial charge < -0.3 is 9.47 Å². The van der Waals surface area contributed by atoms with Gasteiger partial charge in [0.2, 0.25) is 0 Å². The molecular formula is C18H22O4. The van der Waals surface area contributed by atoms with Gasteiger partial charge in [0.1, 0.15) is 6.10 Å². The zero-order valence-electron chi connectivity index (χ0n) is 13.1. The first-order chi connectivity index (χ1) is 10.5. The van der Waals surface area contributed by atoms with Crippen molar-refractivity contribution in [2.75, 3.05) is 7.11 Å². The maximum atomic E-state index is 12.1. The third-order valence-corrected chi connectivity index (χ3v) is 3.32. The minimum atomic E-state index is -0.472. The summed E-state index contributed by atoms with van der Waals surface area (Å²) in [5, 5.41) is 0. The lowest BCUT2D eigenvalue weighted by atomic mass is 9.95. The summed E-state index contributed by atoms with van der Waals surface area (Å²) in [5.74, 6) is -0.869. The van der Waals surface area contributed by atoms with Gasteiger partial charge >= 0.3 is 11.9 Å². The van der Waals surface area contributed by atoms with E-state index in [4.69, 9.17) is 4.74 Å². The molecule has 0 aliphatic carbocycles. The lowest BCUT2D eigenvalue weighted by molar-refractivity contribution is -0.141. The third-order valence-electron chi connectivity index (χ3n) is 3.32. The maximum Gasteiger partial charge on any atom is 0.338 e. The molecule has 0 fully saturated rings. The third kappa shape index (κ3) is 5.56. The van der Waals surface area contributed by atoms with Gasteiger partial charge in [0.05, 0.1) is 19.1 Å². The normalized spacial score (nSPS) is 12.8. The Morgan fingerprint density at radius 2 is 1.91 bits per heavy atom. The molecule has 0 aliphatic rings. The van der Waals surface area contributed by atoms with Gasteiger partial charge in [-0.1, -0.05) is 30.9 Å². The Morgan fingerprint density at radius 1 is 1.27 bits per heavy atom. The summed E-state index contributed by atoms with van der Waals surface area (Å²) in [6.07, 6.45) is 1.85. The Hall–Kier alpha value is -2.36. The first-order valence-electron chi connectivity index (χ1n) is 7.08. The van der Waals surface area contributed by atoms with E-state index < -0.39 is 12.1 Å². The molecule has 0 spiro atoms. The van der Waals surface area contributed by atoms with Crippen LogP contribution in [0.4, 0.5) is 0 Å². The Bertz CT molecular complexity index is 533. The number of hydrogen-bond acceptors (Lipinski definition) is 4. The van der Waals surface area contributed by atoms with Crippen molar-refractivity contribution in [2.45, 2.75) is 25.9 Å². The number of methoxy groups -OCH3 is 1. The van der Waals surface area contributed by atoms with Crippen molar-refractivity contribution >= 4 is 11.9 Å². The smallest absolute Gasteiger partial charge is 0.338 e. The Labute approximate surface area is 131 Å². The van der Waals surface area contributed by atoms with Gasteiger partial charge in [-0.15, -0.1) is 6.58 Å². The molecule has 0 heterocycles. The quantitative estimate of drug-likeness (QED) is 0.544. The van der Waals surface area contributed by atoms with Crippen LogP contribution >= 0.6 is 0 Å². The van der Waals surface area contributed by atoms with Crippen LogP contribution in [0, 0.1) is 5.92 Å². The van der Waals surface area contributed by atoms with Crippen molar-refractivity contribution in [2.24, 2.45) is 5.92 Å². The van der Waals surface area contributed by atoms with Crippen LogP contribution in [0.3, 0.4) is 0 Å². The van der Waals surface area contributed by atoms with Crippen LogP contribution < -0.4 is 0 Å². The van der Waals surface area contributed by atoms with Gasteiger partial charge in [-0.3, -0.25) is 4.79 Å². The molecule has 0 radical (unpaired) electrons. The SMILES string of the molecule is C=C[C@@H](CC(=O)OC)C[C@@H](OC(=O)c1ccccc1)C(=C)C. The maximum absolute atomic E-state index is 12.1. The average Bonchev–Trinajstić information content (AvgIpc) is 2.53. The molecule has 2 atom stereocenters. The van der Waals surface area contributed by atoms with Gasteiger partial charge in [0.25, 0.3) is 0 Å². The number of carbonyl (C=O) groups is 2. The van der Waals surface area contributed by atoms with Crippen molar-refractivity contribution in [3.8, 4) is 0 Å². The second kappa shape index (κ2) is 8.82. The van der Waals surface area contributed by atoms with E-state index >= 15 is 0 Å². The monoisotopic (exact) mass is 302 g/mol. The fourth-order valence-corrected chi connectivity index (χ4v) is 1.96. The highest BCUT2D eigenvalue weighted by Gasteiger charge is 2.22. The minimum absolute atomic E-state index is 0.141. The standard InChI is InChI=1S/C18H22O4/c1-5-14(12-17(19)21-4)11-16(13(2)3)22-18(20)15-9-7-6-8-10-15/h5-10,14,16H,1-2,11-12H2,3-4H3/t14-,16-/m1/s1. The van der Waals surface area contributed by atoms with Gasteiger partial charge in [0, 0.05) is 0 Å². The van der Waals surface area contributed by atoms with Gasteiger partial charge in [-0.25, -0.2) is 4.79 Å². The zero-order chi connectivity index (χ0) is 16.5. The molecule has 22 heavy (non-hydrogen) atoms. The zero-order valence-corrected chi connectivity index (χ0v) is 13.1. The van der Waals surface area contributed by atoms with Gasteiger partial charge in [0.15, 0.2) is 0 Å². The molecule has 0 unspecified atom stereocenters. The highest BCUT2D eigenvalue weighted by Crippen LogP contribution is 2.21. The summed E-state index contributed by atoms with van der Waals surface area (Å²) in [4.78, 5) is 23.5. The molecule has 0 saturated carbocycles. The summed E-state index contributed by atoms with van der Waals surface area (Å²) in [7, 11) is 1.34. The molecule has 0 amide bonds. The highest BCUT2D eigenvalue weighted by molar-refractivity contribution is 5.89. The lowest BCUT2D eigenvalue weighted by Gasteiger charge is -2.21. The van der Waals surface area contributed by atoms with Crippen molar-refractivity contribution < 1.29 is 19.1 Å². The number of rotatable bonds is 8. The molecule has 1 aromatic carbocycles. The van der Waals surface area contributed by atoms with Crippen LogP contribution in [0.25, 0.3) is 0 Å². The van der Waals surface area contributed by atoms with Crippen LogP contribution in [0.2, 0.25) is 0 Å². The van der Waals surface area contributed by atoms with E-state index in [9.17, 15) is 9.59 Å². The molecule has 0 N–H and O–H groups in total. The van der Waals surface area contributed by atoms with Crippen LogP contribution in [0.1, 0.15) is 30.1 Å². The highest BCUT2D eigenvalue weighted by atomic mass is 16.5. The lowest BCUT2D eigenvalue weighted by Crippen LogP contribution is -2.23. The average molecular weight is 302 g/mol. The van der Waals surface area contributed by atoms with Gasteiger partial charge in [-0.2, -0.15) is 0 Å². The first-order valence-corrected chi connectivity index (χ1v) is 7.08. The number of carbonyl (C=O) groups excluding carboxylic acids is 2. The van der Waals surface area contributed by atoms with Crippen LogP contribution in [0.15, 0.2) is 55.1 Å². The topological polar surface area (TPSA) is 52.6 Å². The Kier molecular flexibility index (Phi) is 7.09. The molecule has 1 aromatic rings. The number of ether oxygens (including phenoxy) is 2. The number of benzene rings is 1. The predicted octanol–water partition coefficient (Wildman–Crippen LogP) is 3.54. The molecule has 1 rings (SSSR count). The fraction of sp³-hybridized carbons (Fsp3) is 0.333. The summed E-state index contributed by atoms with van der Waals surface area (Å²) >= 11 is 0. The number of hydrogen-bond donors (Lipinski definition) is 0. The fourth-order valence-electron chi connectivity index (χ4n) is 1.96. The molecule has 0 aromatic heterocycles. The molecule has 118 valence electrons. The van der Waals surface area contributed by atoms with E-state index in [0.717, 1.165) is 5.57 Å². The van der Waals surface area contributed by atoms with Crippen LogP contribution in [0.5, 0.6) is 0 Å². The molecule has 0 bridgehead atoms. The van der Waals surface area contributed by atoms with Crippen molar-refractivity contribution in [3.05, 3.63) is 60.7 Å². The largest absolute Gasteiger partial charge is 0.469 e. The second-order valence-electron chi connectivity index (χ2n) is 5.12. The molecule has 4 heteroatoms. The van der Waals surface area contributed by atoms with E-state index in [1.807, 2.05) is 6.07 Å². The van der Waals surface area contributed by atoms with Crippen LogP contribution in [-0.2, 0) is 14.3 Å². The van der Waals surface area contributed by atoms with Crippen LogP contribution in [-0.4, -0.2) is 25.2 Å². The number of allylic oxidation sites excluding steroid dienone is 1. The van der Waals surface area contributed by atoms with E-state index in [1.165, 1.54) is 7.11 Å². The summed E-state index contributed by atoms with van der Waals surface area (Å²) < 4.78 is 10.2. The Balaban J connectivity index is 2.73. The van der Waals surface area contributed by atoms with Gasteiger partial charge in [-0.05, 0) is 37.0 Å². The summed E-state index contributed by atoms with van der Waals surface area (Å²) in [6.45, 7) is 9.37. The minimum Gasteiger partial charge on any atom is -0.469 e. The van der Waals surface area contributed by atoms with E-state index in [1.54, 1.807) is 37.3 Å². The summed E-state index contributed by atoms with van der Waals surface area (Å²) in [6, 6.07) is 8.76. The predicted molar refractivity (Wildman–Crippen MR) is 85.4 cm³/mol. The molecule has 0 saturated heterocycles. The Morgan fingerprint density at radius 3 is 2.41 bits per heavy atom. The van der Waals surface area contributed by atoms with Crippen molar-refractivity contribution in [1.29, 1.82) is 0 Å². The second-order valence-corrected chi connectivity index (χ2v) is 5.12. The summed E-state index contributed by atoms with van der Waals surface area (Å²) in [5.41, 5.74) is 1.21.